The molecule has 0 bridgehead atoms. The van der Waals surface area contributed by atoms with Gasteiger partial charge in [0, 0.05) is 19.6 Å². The Morgan fingerprint density at radius 3 is 2.40 bits per heavy atom. The molecule has 1 aromatic heterocycles. The van der Waals surface area contributed by atoms with Crippen LogP contribution in [0.15, 0.2) is 17.3 Å². The second-order valence-electron chi connectivity index (χ2n) is 4.82. The second-order valence-corrected chi connectivity index (χ2v) is 6.59. The van der Waals surface area contributed by atoms with Gasteiger partial charge < -0.3 is 10.2 Å². The lowest BCUT2D eigenvalue weighted by Gasteiger charge is -2.20. The fourth-order valence-corrected chi connectivity index (χ4v) is 2.42. The normalized spacial score (nSPS) is 12.1. The molecule has 1 aromatic rings. The fraction of sp³-hybridized carbons (Fsp3) is 0.667. The van der Waals surface area contributed by atoms with Crippen LogP contribution in [0.2, 0.25) is 0 Å². The van der Waals surface area contributed by atoms with E-state index in [4.69, 9.17) is 0 Å². The van der Waals surface area contributed by atoms with Gasteiger partial charge in [-0.1, -0.05) is 0 Å². The molecule has 0 saturated carbocycles. The summed E-state index contributed by atoms with van der Waals surface area (Å²) >= 11 is 0. The highest BCUT2D eigenvalue weighted by Gasteiger charge is 2.14. The van der Waals surface area contributed by atoms with Crippen LogP contribution in [-0.4, -0.2) is 56.5 Å². The molecule has 0 spiro atoms. The molecular weight excluding hydrogens is 278 g/mol. The van der Waals surface area contributed by atoms with E-state index in [1.807, 2.05) is 7.05 Å². The van der Waals surface area contributed by atoms with Gasteiger partial charge in [-0.2, -0.15) is 0 Å². The van der Waals surface area contributed by atoms with E-state index < -0.39 is 10.0 Å². The minimum absolute atomic E-state index is 0.0775. The van der Waals surface area contributed by atoms with E-state index in [1.165, 1.54) is 12.4 Å². The number of rotatable bonds is 8. The standard InChI is InChI=1S/C12H23N5O2S/c1-10(2)17(4)7-5-6-16-20(18,19)11-8-14-12(13-3)15-9-11/h8-10,16H,5-7H2,1-4H3,(H,13,14,15). The van der Waals surface area contributed by atoms with Crippen LogP contribution in [0.25, 0.3) is 0 Å². The SMILES string of the molecule is CNc1ncc(S(=O)(=O)NCCCN(C)C(C)C)cn1. The van der Waals surface area contributed by atoms with Crippen LogP contribution < -0.4 is 10.0 Å². The highest BCUT2D eigenvalue weighted by Crippen LogP contribution is 2.07. The Morgan fingerprint density at radius 1 is 1.30 bits per heavy atom. The van der Waals surface area contributed by atoms with Gasteiger partial charge in [-0.25, -0.2) is 23.1 Å². The number of hydrogen-bond donors (Lipinski definition) is 2. The summed E-state index contributed by atoms with van der Waals surface area (Å²) in [6, 6.07) is 0.453. The third-order valence-corrected chi connectivity index (χ3v) is 4.44. The molecule has 1 heterocycles. The molecule has 0 atom stereocenters. The zero-order chi connectivity index (χ0) is 15.2. The molecule has 0 unspecified atom stereocenters. The van der Waals surface area contributed by atoms with Crippen LogP contribution in [0.4, 0.5) is 5.95 Å². The van der Waals surface area contributed by atoms with Gasteiger partial charge in [-0.3, -0.25) is 0 Å². The summed E-state index contributed by atoms with van der Waals surface area (Å²) in [5, 5.41) is 2.74. The molecule has 0 aliphatic carbocycles. The van der Waals surface area contributed by atoms with Gasteiger partial charge >= 0.3 is 0 Å². The fourth-order valence-electron chi connectivity index (χ4n) is 1.46. The average molecular weight is 301 g/mol. The number of aromatic nitrogens is 2. The zero-order valence-electron chi connectivity index (χ0n) is 12.4. The topological polar surface area (TPSA) is 87.2 Å². The first-order valence-electron chi connectivity index (χ1n) is 6.56. The van der Waals surface area contributed by atoms with Gasteiger partial charge in [-0.05, 0) is 33.9 Å². The van der Waals surface area contributed by atoms with Crippen molar-refractivity contribution >= 4 is 16.0 Å². The monoisotopic (exact) mass is 301 g/mol. The Labute approximate surface area is 120 Å². The predicted molar refractivity (Wildman–Crippen MR) is 79.2 cm³/mol. The summed E-state index contributed by atoms with van der Waals surface area (Å²) in [5.74, 6) is 0.391. The first-order valence-corrected chi connectivity index (χ1v) is 8.05. The molecule has 8 heteroatoms. The lowest BCUT2D eigenvalue weighted by Crippen LogP contribution is -2.31. The molecule has 0 saturated heterocycles. The largest absolute Gasteiger partial charge is 0.357 e. The van der Waals surface area contributed by atoms with Crippen molar-refractivity contribution in [2.45, 2.75) is 31.2 Å². The molecule has 2 N–H and O–H groups in total. The maximum Gasteiger partial charge on any atom is 0.243 e. The Kier molecular flexibility index (Phi) is 6.31. The summed E-state index contributed by atoms with van der Waals surface area (Å²) in [7, 11) is 0.166. The number of hydrogen-bond acceptors (Lipinski definition) is 6. The summed E-state index contributed by atoms with van der Waals surface area (Å²) in [6.07, 6.45) is 3.34. The van der Waals surface area contributed by atoms with Gasteiger partial charge in [0.1, 0.15) is 4.90 Å². The van der Waals surface area contributed by atoms with Crippen LogP contribution >= 0.6 is 0 Å². The van der Waals surface area contributed by atoms with E-state index in [-0.39, 0.29) is 4.90 Å². The first kappa shape index (κ1) is 16.8. The highest BCUT2D eigenvalue weighted by molar-refractivity contribution is 7.89. The van der Waals surface area contributed by atoms with Crippen molar-refractivity contribution < 1.29 is 8.42 Å². The minimum Gasteiger partial charge on any atom is -0.357 e. The van der Waals surface area contributed by atoms with Crippen LogP contribution in [0.5, 0.6) is 0 Å². The number of nitrogens with zero attached hydrogens (tertiary/aromatic N) is 3. The van der Waals surface area contributed by atoms with Crippen molar-refractivity contribution in [1.29, 1.82) is 0 Å². The van der Waals surface area contributed by atoms with Gasteiger partial charge in [0.2, 0.25) is 16.0 Å². The maximum absolute atomic E-state index is 12.0. The molecule has 7 nitrogen and oxygen atoms in total. The molecule has 20 heavy (non-hydrogen) atoms. The molecule has 0 radical (unpaired) electrons. The van der Waals surface area contributed by atoms with E-state index >= 15 is 0 Å². The Bertz CT molecular complexity index is 501. The molecule has 1 rings (SSSR count). The van der Waals surface area contributed by atoms with Crippen LogP contribution in [-0.2, 0) is 10.0 Å². The molecule has 0 aromatic carbocycles. The lowest BCUT2D eigenvalue weighted by molar-refractivity contribution is 0.271. The molecule has 0 fully saturated rings. The zero-order valence-corrected chi connectivity index (χ0v) is 13.2. The second kappa shape index (κ2) is 7.51. The Balaban J connectivity index is 2.49. The summed E-state index contributed by atoms with van der Waals surface area (Å²) in [6.45, 7) is 5.44. The van der Waals surface area contributed by atoms with Crippen molar-refractivity contribution in [3.8, 4) is 0 Å². The average Bonchev–Trinajstić information content (AvgIpc) is 2.43. The molecule has 0 aliphatic rings. The van der Waals surface area contributed by atoms with Crippen molar-refractivity contribution in [3.05, 3.63) is 12.4 Å². The minimum atomic E-state index is -3.52. The van der Waals surface area contributed by atoms with Crippen molar-refractivity contribution in [2.75, 3.05) is 32.5 Å². The number of sulfonamides is 1. The van der Waals surface area contributed by atoms with Crippen molar-refractivity contribution in [3.63, 3.8) is 0 Å². The quantitative estimate of drug-likeness (QED) is 0.681. The first-order chi connectivity index (χ1) is 9.36. The van der Waals surface area contributed by atoms with Crippen molar-refractivity contribution in [1.82, 2.24) is 19.6 Å². The molecule has 0 aliphatic heterocycles. The van der Waals surface area contributed by atoms with E-state index in [0.717, 1.165) is 13.0 Å². The van der Waals surface area contributed by atoms with Gasteiger partial charge in [0.05, 0.1) is 12.4 Å². The van der Waals surface area contributed by atoms with Gasteiger partial charge in [0.25, 0.3) is 0 Å². The van der Waals surface area contributed by atoms with Gasteiger partial charge in [0.15, 0.2) is 0 Å². The lowest BCUT2D eigenvalue weighted by atomic mass is 10.3. The number of nitrogens with one attached hydrogen (secondary N) is 2. The van der Waals surface area contributed by atoms with Crippen LogP contribution in [0.3, 0.4) is 0 Å². The van der Waals surface area contributed by atoms with Crippen molar-refractivity contribution in [2.24, 2.45) is 0 Å². The van der Waals surface area contributed by atoms with E-state index in [0.29, 0.717) is 18.5 Å². The molecule has 0 amide bonds. The van der Waals surface area contributed by atoms with E-state index in [9.17, 15) is 8.42 Å². The summed E-state index contributed by atoms with van der Waals surface area (Å²) < 4.78 is 26.5. The third-order valence-electron chi connectivity index (χ3n) is 3.02. The summed E-state index contributed by atoms with van der Waals surface area (Å²) in [5.41, 5.74) is 0. The summed E-state index contributed by atoms with van der Waals surface area (Å²) in [4.78, 5) is 10.0. The molecule has 114 valence electrons. The Hall–Kier alpha value is -1.25. The third kappa shape index (κ3) is 5.03. The van der Waals surface area contributed by atoms with Crippen LogP contribution in [0.1, 0.15) is 20.3 Å². The van der Waals surface area contributed by atoms with Crippen LogP contribution in [0, 0.1) is 0 Å². The molecular formula is C12H23N5O2S. The Morgan fingerprint density at radius 2 is 1.90 bits per heavy atom. The highest BCUT2D eigenvalue weighted by atomic mass is 32.2. The maximum atomic E-state index is 12.0. The predicted octanol–water partition coefficient (Wildman–Crippen LogP) is 0.527. The van der Waals surface area contributed by atoms with E-state index in [2.05, 4.69) is 38.8 Å². The smallest absolute Gasteiger partial charge is 0.243 e. The number of anilines is 1. The van der Waals surface area contributed by atoms with E-state index in [1.54, 1.807) is 7.05 Å². The van der Waals surface area contributed by atoms with Gasteiger partial charge in [-0.15, -0.1) is 0 Å².